The molecule has 0 bridgehead atoms. The number of benzene rings is 2. The van der Waals surface area contributed by atoms with E-state index in [9.17, 15) is 15.0 Å². The lowest BCUT2D eigenvalue weighted by Crippen LogP contribution is -2.21. The number of hydrogen-bond acceptors (Lipinski definition) is 4. The van der Waals surface area contributed by atoms with Gasteiger partial charge in [0.15, 0.2) is 0 Å². The standard InChI is InChI=1S/C19H16O4/c20-12-9-15(21)18-14-8-4-7-13(11-5-2-1-3-6-11)17(14)19(22)23-16(18)10-12/h1-3,5-6,9-10,13,20-21H,4,7-8H2. The van der Waals surface area contributed by atoms with E-state index in [0.29, 0.717) is 10.9 Å². The van der Waals surface area contributed by atoms with Gasteiger partial charge in [-0.2, -0.15) is 0 Å². The molecule has 116 valence electrons. The summed E-state index contributed by atoms with van der Waals surface area (Å²) >= 11 is 0. The van der Waals surface area contributed by atoms with Crippen LogP contribution in [0.1, 0.15) is 35.4 Å². The molecule has 1 unspecified atom stereocenters. The molecule has 23 heavy (non-hydrogen) atoms. The third-order valence-corrected chi connectivity index (χ3v) is 4.59. The molecule has 0 fully saturated rings. The summed E-state index contributed by atoms with van der Waals surface area (Å²) in [6.07, 6.45) is 2.54. The molecule has 3 aromatic rings. The lowest BCUT2D eigenvalue weighted by molar-refractivity contribution is 0.448. The summed E-state index contributed by atoms with van der Waals surface area (Å²) in [7, 11) is 0. The van der Waals surface area contributed by atoms with Gasteiger partial charge in [0.1, 0.15) is 17.1 Å². The summed E-state index contributed by atoms with van der Waals surface area (Å²) < 4.78 is 5.40. The lowest BCUT2D eigenvalue weighted by Gasteiger charge is -2.25. The van der Waals surface area contributed by atoms with Crippen molar-refractivity contribution in [2.24, 2.45) is 0 Å². The molecule has 4 nitrogen and oxygen atoms in total. The Morgan fingerprint density at radius 2 is 1.87 bits per heavy atom. The summed E-state index contributed by atoms with van der Waals surface area (Å²) in [6.45, 7) is 0. The molecule has 4 rings (SSSR count). The Bertz CT molecular complexity index is 941. The zero-order chi connectivity index (χ0) is 16.0. The van der Waals surface area contributed by atoms with E-state index >= 15 is 0 Å². The minimum absolute atomic E-state index is 0.0196. The largest absolute Gasteiger partial charge is 0.508 e. The van der Waals surface area contributed by atoms with Crippen molar-refractivity contribution >= 4 is 11.0 Å². The molecule has 2 N–H and O–H groups in total. The van der Waals surface area contributed by atoms with Gasteiger partial charge in [0, 0.05) is 23.6 Å². The lowest BCUT2D eigenvalue weighted by atomic mass is 9.78. The molecule has 4 heteroatoms. The van der Waals surface area contributed by atoms with Crippen LogP contribution in [0, 0.1) is 0 Å². The van der Waals surface area contributed by atoms with E-state index in [2.05, 4.69) is 0 Å². The Hall–Kier alpha value is -2.75. The molecule has 0 aliphatic heterocycles. The van der Waals surface area contributed by atoms with Gasteiger partial charge in [0.25, 0.3) is 0 Å². The van der Waals surface area contributed by atoms with Crippen LogP contribution in [0.15, 0.2) is 51.7 Å². The normalized spacial score (nSPS) is 17.1. The van der Waals surface area contributed by atoms with Crippen molar-refractivity contribution in [2.75, 3.05) is 0 Å². The van der Waals surface area contributed by atoms with Crippen molar-refractivity contribution in [3.8, 4) is 11.5 Å². The van der Waals surface area contributed by atoms with Crippen molar-refractivity contribution in [1.29, 1.82) is 0 Å². The van der Waals surface area contributed by atoms with Crippen LogP contribution in [0.2, 0.25) is 0 Å². The second kappa shape index (κ2) is 5.16. The maximum atomic E-state index is 12.6. The summed E-state index contributed by atoms with van der Waals surface area (Å²) in [4.78, 5) is 12.6. The van der Waals surface area contributed by atoms with Crippen molar-refractivity contribution in [2.45, 2.75) is 25.2 Å². The highest BCUT2D eigenvalue weighted by Gasteiger charge is 2.28. The molecule has 0 radical (unpaired) electrons. The number of aromatic hydroxyl groups is 2. The van der Waals surface area contributed by atoms with Crippen molar-refractivity contribution in [3.05, 3.63) is 69.6 Å². The van der Waals surface area contributed by atoms with Gasteiger partial charge < -0.3 is 14.6 Å². The molecule has 1 heterocycles. The zero-order valence-electron chi connectivity index (χ0n) is 12.5. The van der Waals surface area contributed by atoms with Crippen LogP contribution in [0.3, 0.4) is 0 Å². The third-order valence-electron chi connectivity index (χ3n) is 4.59. The zero-order valence-corrected chi connectivity index (χ0v) is 12.5. The average molecular weight is 308 g/mol. The average Bonchev–Trinajstić information content (AvgIpc) is 2.54. The van der Waals surface area contributed by atoms with E-state index < -0.39 is 0 Å². The van der Waals surface area contributed by atoms with Gasteiger partial charge >= 0.3 is 5.63 Å². The fraction of sp³-hybridized carbons (Fsp3) is 0.211. The van der Waals surface area contributed by atoms with E-state index in [1.165, 1.54) is 12.1 Å². The van der Waals surface area contributed by atoms with Crippen molar-refractivity contribution < 1.29 is 14.6 Å². The van der Waals surface area contributed by atoms with Crippen molar-refractivity contribution in [3.63, 3.8) is 0 Å². The Morgan fingerprint density at radius 1 is 1.09 bits per heavy atom. The van der Waals surface area contributed by atoms with E-state index in [4.69, 9.17) is 4.42 Å². The van der Waals surface area contributed by atoms with Gasteiger partial charge in [-0.05, 0) is 30.4 Å². The van der Waals surface area contributed by atoms with E-state index in [-0.39, 0.29) is 28.6 Å². The highest BCUT2D eigenvalue weighted by molar-refractivity contribution is 5.89. The maximum Gasteiger partial charge on any atom is 0.340 e. The second-order valence-corrected chi connectivity index (χ2v) is 5.98. The first-order chi connectivity index (χ1) is 11.1. The minimum Gasteiger partial charge on any atom is -0.508 e. The second-order valence-electron chi connectivity index (χ2n) is 5.98. The van der Waals surface area contributed by atoms with Crippen LogP contribution in [-0.4, -0.2) is 10.2 Å². The molecule has 1 aromatic heterocycles. The van der Waals surface area contributed by atoms with Crippen LogP contribution < -0.4 is 5.63 Å². The van der Waals surface area contributed by atoms with Gasteiger partial charge in [-0.3, -0.25) is 0 Å². The molecular formula is C19H16O4. The summed E-state index contributed by atoms with van der Waals surface area (Å²) in [5.41, 5.74) is 2.41. The quantitative estimate of drug-likeness (QED) is 0.673. The number of aryl methyl sites for hydroxylation is 1. The smallest absolute Gasteiger partial charge is 0.340 e. The summed E-state index contributed by atoms with van der Waals surface area (Å²) in [5, 5.41) is 20.4. The molecular weight excluding hydrogens is 292 g/mol. The monoisotopic (exact) mass is 308 g/mol. The Balaban J connectivity index is 2.03. The molecule has 0 amide bonds. The fourth-order valence-electron chi connectivity index (χ4n) is 3.64. The first kappa shape index (κ1) is 13.9. The number of rotatable bonds is 1. The summed E-state index contributed by atoms with van der Waals surface area (Å²) in [6, 6.07) is 12.6. The molecule has 0 saturated carbocycles. The van der Waals surface area contributed by atoms with Gasteiger partial charge in [0.05, 0.1) is 5.39 Å². The molecule has 0 spiro atoms. The predicted molar refractivity (Wildman–Crippen MR) is 87.0 cm³/mol. The number of phenolic OH excluding ortho intramolecular Hbond substituents is 2. The van der Waals surface area contributed by atoms with E-state index in [0.717, 1.165) is 30.4 Å². The number of phenols is 2. The van der Waals surface area contributed by atoms with Crippen LogP contribution >= 0.6 is 0 Å². The van der Waals surface area contributed by atoms with Gasteiger partial charge in [-0.15, -0.1) is 0 Å². The van der Waals surface area contributed by atoms with Crippen LogP contribution in [0.5, 0.6) is 11.5 Å². The number of hydrogen-bond donors (Lipinski definition) is 2. The summed E-state index contributed by atoms with van der Waals surface area (Å²) in [5.74, 6) is -0.184. The van der Waals surface area contributed by atoms with Gasteiger partial charge in [0.2, 0.25) is 0 Å². The van der Waals surface area contributed by atoms with Crippen LogP contribution in [0.4, 0.5) is 0 Å². The first-order valence-electron chi connectivity index (χ1n) is 7.71. The molecule has 2 aromatic carbocycles. The molecule has 1 aliphatic rings. The molecule has 1 aliphatic carbocycles. The van der Waals surface area contributed by atoms with E-state index in [1.54, 1.807) is 0 Å². The Labute approximate surface area is 132 Å². The van der Waals surface area contributed by atoms with Crippen molar-refractivity contribution in [1.82, 2.24) is 0 Å². The Kier molecular flexibility index (Phi) is 3.11. The topological polar surface area (TPSA) is 70.7 Å². The minimum atomic E-state index is -0.383. The maximum absolute atomic E-state index is 12.6. The van der Waals surface area contributed by atoms with E-state index in [1.807, 2.05) is 30.3 Å². The van der Waals surface area contributed by atoms with Crippen LogP contribution in [0.25, 0.3) is 11.0 Å². The highest BCUT2D eigenvalue weighted by Crippen LogP contribution is 2.41. The molecule has 0 saturated heterocycles. The fourth-order valence-corrected chi connectivity index (χ4v) is 3.64. The molecule has 1 atom stereocenters. The first-order valence-corrected chi connectivity index (χ1v) is 7.71. The third kappa shape index (κ3) is 2.18. The van der Waals surface area contributed by atoms with Crippen LogP contribution in [-0.2, 0) is 6.42 Å². The van der Waals surface area contributed by atoms with Gasteiger partial charge in [-0.25, -0.2) is 4.79 Å². The SMILES string of the molecule is O=c1oc2cc(O)cc(O)c2c2c1C(c1ccccc1)CCC2. The highest BCUT2D eigenvalue weighted by atomic mass is 16.4. The Morgan fingerprint density at radius 3 is 2.65 bits per heavy atom. The predicted octanol–water partition coefficient (Wildman–Crippen LogP) is 3.67. The van der Waals surface area contributed by atoms with Gasteiger partial charge in [-0.1, -0.05) is 30.3 Å². The number of fused-ring (bicyclic) bond motifs is 3.